The van der Waals surface area contributed by atoms with Crippen molar-refractivity contribution in [3.8, 4) is 5.75 Å². The molecule has 0 aromatic heterocycles. The molecule has 0 radical (unpaired) electrons. The predicted octanol–water partition coefficient (Wildman–Crippen LogP) is 2.11. The SMILES string of the molecule is CC(Oc1ccc(F)cc1CN)C(=O)NC1CCCC1. The Kier molecular flexibility index (Phi) is 4.95. The monoisotopic (exact) mass is 280 g/mol. The van der Waals surface area contributed by atoms with Crippen molar-refractivity contribution in [2.45, 2.75) is 51.3 Å². The molecule has 5 heteroatoms. The molecule has 20 heavy (non-hydrogen) atoms. The molecule has 110 valence electrons. The molecule has 1 amide bonds. The Labute approximate surface area is 118 Å². The van der Waals surface area contributed by atoms with Crippen LogP contribution in [0.2, 0.25) is 0 Å². The molecular formula is C15H21FN2O2. The summed E-state index contributed by atoms with van der Waals surface area (Å²) < 4.78 is 18.7. The Hall–Kier alpha value is -1.62. The number of carbonyl (C=O) groups excluding carboxylic acids is 1. The van der Waals surface area contributed by atoms with Crippen molar-refractivity contribution in [3.63, 3.8) is 0 Å². The molecule has 3 N–H and O–H groups in total. The first kappa shape index (κ1) is 14.8. The minimum Gasteiger partial charge on any atom is -0.481 e. The number of ether oxygens (including phenoxy) is 1. The molecule has 0 bridgehead atoms. The number of carbonyl (C=O) groups is 1. The Balaban J connectivity index is 1.96. The standard InChI is InChI=1S/C15H21FN2O2/c1-10(15(19)18-13-4-2-3-5-13)20-14-7-6-12(16)8-11(14)9-17/h6-8,10,13H,2-5,9,17H2,1H3,(H,18,19). The van der Waals surface area contributed by atoms with Crippen molar-refractivity contribution in [1.29, 1.82) is 0 Å². The van der Waals surface area contributed by atoms with E-state index in [2.05, 4.69) is 5.32 Å². The summed E-state index contributed by atoms with van der Waals surface area (Å²) in [4.78, 5) is 12.0. The summed E-state index contributed by atoms with van der Waals surface area (Å²) in [6, 6.07) is 4.40. The number of nitrogens with one attached hydrogen (secondary N) is 1. The van der Waals surface area contributed by atoms with Crippen LogP contribution in [0.4, 0.5) is 4.39 Å². The van der Waals surface area contributed by atoms with E-state index >= 15 is 0 Å². The molecule has 4 nitrogen and oxygen atoms in total. The number of hydrogen-bond acceptors (Lipinski definition) is 3. The van der Waals surface area contributed by atoms with Crippen LogP contribution in [0.25, 0.3) is 0 Å². The molecule has 0 saturated heterocycles. The Morgan fingerprint density at radius 1 is 1.50 bits per heavy atom. The molecular weight excluding hydrogens is 259 g/mol. The van der Waals surface area contributed by atoms with Gasteiger partial charge >= 0.3 is 0 Å². The van der Waals surface area contributed by atoms with Crippen molar-refractivity contribution in [2.24, 2.45) is 5.73 Å². The average Bonchev–Trinajstić information content (AvgIpc) is 2.93. The summed E-state index contributed by atoms with van der Waals surface area (Å²) in [6.45, 7) is 1.86. The van der Waals surface area contributed by atoms with E-state index in [1.807, 2.05) is 0 Å². The van der Waals surface area contributed by atoms with Crippen LogP contribution in [0.15, 0.2) is 18.2 Å². The Morgan fingerprint density at radius 3 is 2.85 bits per heavy atom. The summed E-state index contributed by atoms with van der Waals surface area (Å²) in [5.41, 5.74) is 6.12. The van der Waals surface area contributed by atoms with Crippen molar-refractivity contribution >= 4 is 5.91 Å². The maximum Gasteiger partial charge on any atom is 0.260 e. The van der Waals surface area contributed by atoms with E-state index in [-0.39, 0.29) is 24.3 Å². The van der Waals surface area contributed by atoms with Crippen molar-refractivity contribution in [2.75, 3.05) is 0 Å². The van der Waals surface area contributed by atoms with Gasteiger partial charge in [-0.3, -0.25) is 4.79 Å². The minimum atomic E-state index is -0.619. The van der Waals surface area contributed by atoms with Gasteiger partial charge in [-0.25, -0.2) is 4.39 Å². The van der Waals surface area contributed by atoms with Crippen LogP contribution >= 0.6 is 0 Å². The van der Waals surface area contributed by atoms with Crippen LogP contribution in [0, 0.1) is 5.82 Å². The average molecular weight is 280 g/mol. The minimum absolute atomic E-state index is 0.135. The third-order valence-electron chi connectivity index (χ3n) is 3.62. The highest BCUT2D eigenvalue weighted by atomic mass is 19.1. The third kappa shape index (κ3) is 3.70. The van der Waals surface area contributed by atoms with Gasteiger partial charge in [-0.2, -0.15) is 0 Å². The summed E-state index contributed by atoms with van der Waals surface area (Å²) in [6.07, 6.45) is 3.77. The van der Waals surface area contributed by atoms with E-state index in [0.29, 0.717) is 11.3 Å². The largest absolute Gasteiger partial charge is 0.481 e. The van der Waals surface area contributed by atoms with Crippen LogP contribution in [0.3, 0.4) is 0 Å². The number of halogens is 1. The number of benzene rings is 1. The maximum absolute atomic E-state index is 13.1. The lowest BCUT2D eigenvalue weighted by atomic mass is 10.2. The highest BCUT2D eigenvalue weighted by molar-refractivity contribution is 5.81. The van der Waals surface area contributed by atoms with Crippen LogP contribution in [-0.2, 0) is 11.3 Å². The number of hydrogen-bond donors (Lipinski definition) is 2. The highest BCUT2D eigenvalue weighted by Gasteiger charge is 2.22. The second-order valence-electron chi connectivity index (χ2n) is 5.21. The summed E-state index contributed by atoms with van der Waals surface area (Å²) in [5, 5.41) is 2.98. The fraction of sp³-hybridized carbons (Fsp3) is 0.533. The summed E-state index contributed by atoms with van der Waals surface area (Å²) in [7, 11) is 0. The Bertz CT molecular complexity index is 473. The molecule has 0 heterocycles. The first-order valence-electron chi connectivity index (χ1n) is 7.05. The van der Waals surface area contributed by atoms with Gasteiger partial charge in [0.05, 0.1) is 0 Å². The summed E-state index contributed by atoms with van der Waals surface area (Å²) in [5.74, 6) is -0.0342. The van der Waals surface area contributed by atoms with Gasteiger partial charge in [0.2, 0.25) is 0 Å². The van der Waals surface area contributed by atoms with E-state index in [9.17, 15) is 9.18 Å². The second kappa shape index (κ2) is 6.70. The zero-order chi connectivity index (χ0) is 14.5. The van der Waals surface area contributed by atoms with Gasteiger partial charge in [0.1, 0.15) is 11.6 Å². The van der Waals surface area contributed by atoms with Crippen LogP contribution in [0.1, 0.15) is 38.2 Å². The quantitative estimate of drug-likeness (QED) is 0.868. The lowest BCUT2D eigenvalue weighted by molar-refractivity contribution is -0.127. The normalized spacial score (nSPS) is 16.9. The van der Waals surface area contributed by atoms with Crippen molar-refractivity contribution in [3.05, 3.63) is 29.6 Å². The molecule has 2 rings (SSSR count). The number of nitrogens with two attached hydrogens (primary N) is 1. The molecule has 1 unspecified atom stereocenters. The molecule has 0 aliphatic heterocycles. The van der Waals surface area contributed by atoms with E-state index < -0.39 is 6.10 Å². The molecule has 1 atom stereocenters. The molecule has 1 aliphatic carbocycles. The highest BCUT2D eigenvalue weighted by Crippen LogP contribution is 2.21. The van der Waals surface area contributed by atoms with E-state index in [1.165, 1.54) is 18.2 Å². The topological polar surface area (TPSA) is 64.3 Å². The second-order valence-corrected chi connectivity index (χ2v) is 5.21. The lowest BCUT2D eigenvalue weighted by Gasteiger charge is -2.19. The van der Waals surface area contributed by atoms with E-state index in [1.54, 1.807) is 6.92 Å². The van der Waals surface area contributed by atoms with Gasteiger partial charge in [0.25, 0.3) is 5.91 Å². The number of amides is 1. The Morgan fingerprint density at radius 2 is 2.20 bits per heavy atom. The predicted molar refractivity (Wildman–Crippen MR) is 74.8 cm³/mol. The van der Waals surface area contributed by atoms with Gasteiger partial charge in [-0.1, -0.05) is 12.8 Å². The van der Waals surface area contributed by atoms with Crippen LogP contribution in [-0.4, -0.2) is 18.1 Å². The third-order valence-corrected chi connectivity index (χ3v) is 3.62. The van der Waals surface area contributed by atoms with Crippen LogP contribution < -0.4 is 15.8 Å². The van der Waals surface area contributed by atoms with Gasteiger partial charge in [-0.05, 0) is 38.0 Å². The lowest BCUT2D eigenvalue weighted by Crippen LogP contribution is -2.41. The smallest absolute Gasteiger partial charge is 0.260 e. The number of rotatable bonds is 5. The van der Waals surface area contributed by atoms with Gasteiger partial charge in [0.15, 0.2) is 6.10 Å². The molecule has 0 spiro atoms. The zero-order valence-electron chi connectivity index (χ0n) is 11.7. The van der Waals surface area contributed by atoms with Gasteiger partial charge < -0.3 is 15.8 Å². The van der Waals surface area contributed by atoms with E-state index in [4.69, 9.17) is 10.5 Å². The van der Waals surface area contributed by atoms with Gasteiger partial charge in [0, 0.05) is 18.2 Å². The molecule has 1 fully saturated rings. The molecule has 1 saturated carbocycles. The zero-order valence-corrected chi connectivity index (χ0v) is 11.7. The molecule has 1 aromatic carbocycles. The summed E-state index contributed by atoms with van der Waals surface area (Å²) >= 11 is 0. The first-order valence-corrected chi connectivity index (χ1v) is 7.05. The molecule has 1 aliphatic rings. The fourth-order valence-electron chi connectivity index (χ4n) is 2.46. The van der Waals surface area contributed by atoms with Crippen molar-refractivity contribution in [1.82, 2.24) is 5.32 Å². The first-order chi connectivity index (χ1) is 9.60. The van der Waals surface area contributed by atoms with E-state index in [0.717, 1.165) is 25.7 Å². The van der Waals surface area contributed by atoms with Crippen molar-refractivity contribution < 1.29 is 13.9 Å². The van der Waals surface area contributed by atoms with Gasteiger partial charge in [-0.15, -0.1) is 0 Å². The van der Waals surface area contributed by atoms with Crippen LogP contribution in [0.5, 0.6) is 5.75 Å². The molecule has 1 aromatic rings. The maximum atomic E-state index is 13.1. The fourth-order valence-corrected chi connectivity index (χ4v) is 2.46.